The molecule has 0 aromatic carbocycles. The number of aromatic nitrogens is 1. The summed E-state index contributed by atoms with van der Waals surface area (Å²) in [7, 11) is 0. The number of nitrogens with zero attached hydrogens (tertiary/aromatic N) is 1. The van der Waals surface area contributed by atoms with Crippen molar-refractivity contribution in [2.75, 3.05) is 6.61 Å². The molecule has 0 amide bonds. The van der Waals surface area contributed by atoms with Crippen molar-refractivity contribution in [1.82, 2.24) is 4.98 Å². The summed E-state index contributed by atoms with van der Waals surface area (Å²) in [5.41, 5.74) is 0.669. The van der Waals surface area contributed by atoms with Gasteiger partial charge in [-0.25, -0.2) is 0 Å². The van der Waals surface area contributed by atoms with Crippen LogP contribution in [0.4, 0.5) is 0 Å². The van der Waals surface area contributed by atoms with Crippen molar-refractivity contribution in [3.05, 3.63) is 29.0 Å². The van der Waals surface area contributed by atoms with Gasteiger partial charge in [-0.2, -0.15) is 0 Å². The third kappa shape index (κ3) is 3.42. The molecule has 1 rings (SSSR count). The molecule has 0 unspecified atom stereocenters. The van der Waals surface area contributed by atoms with Crippen LogP contribution in [0.5, 0.6) is 0 Å². The second-order valence-electron chi connectivity index (χ2n) is 2.45. The van der Waals surface area contributed by atoms with Crippen LogP contribution in [0.25, 0.3) is 0 Å². The van der Waals surface area contributed by atoms with E-state index in [1.807, 2.05) is 0 Å². The van der Waals surface area contributed by atoms with Crippen LogP contribution in [0.2, 0.25) is 5.02 Å². The topological polar surface area (TPSA) is 39.2 Å². The van der Waals surface area contributed by atoms with Crippen molar-refractivity contribution < 1.29 is 9.53 Å². The number of carbonyl (C=O) groups is 1. The Kier molecular flexibility index (Phi) is 3.71. The Balaban J connectivity index is 2.54. The summed E-state index contributed by atoms with van der Waals surface area (Å²) in [5.74, 6) is -0.266. The van der Waals surface area contributed by atoms with Gasteiger partial charge in [-0.15, -0.1) is 0 Å². The summed E-state index contributed by atoms with van der Waals surface area (Å²) in [5, 5.41) is 0.563. The highest BCUT2D eigenvalue weighted by molar-refractivity contribution is 6.30. The zero-order valence-electron chi connectivity index (χ0n) is 7.29. The van der Waals surface area contributed by atoms with Crippen LogP contribution in [0.3, 0.4) is 0 Å². The van der Waals surface area contributed by atoms with Gasteiger partial charge in [-0.1, -0.05) is 11.6 Å². The molecule has 0 saturated heterocycles. The first-order chi connectivity index (χ1) is 6.22. The summed E-state index contributed by atoms with van der Waals surface area (Å²) in [6, 6.07) is 3.41. The molecule has 0 radical (unpaired) electrons. The van der Waals surface area contributed by atoms with Gasteiger partial charge in [0.1, 0.15) is 0 Å². The maximum Gasteiger partial charge on any atom is 0.311 e. The molecule has 70 valence electrons. The van der Waals surface area contributed by atoms with Gasteiger partial charge < -0.3 is 4.74 Å². The first-order valence-electron chi connectivity index (χ1n) is 3.98. The summed E-state index contributed by atoms with van der Waals surface area (Å²) >= 11 is 5.63. The molecule has 3 nitrogen and oxygen atoms in total. The van der Waals surface area contributed by atoms with E-state index in [-0.39, 0.29) is 12.4 Å². The van der Waals surface area contributed by atoms with Crippen molar-refractivity contribution in [3.8, 4) is 0 Å². The van der Waals surface area contributed by atoms with Crippen molar-refractivity contribution in [2.24, 2.45) is 0 Å². The second kappa shape index (κ2) is 4.82. The minimum Gasteiger partial charge on any atom is -0.466 e. The van der Waals surface area contributed by atoms with Crippen molar-refractivity contribution >= 4 is 17.6 Å². The van der Waals surface area contributed by atoms with Crippen LogP contribution >= 0.6 is 11.6 Å². The summed E-state index contributed by atoms with van der Waals surface area (Å²) in [4.78, 5) is 15.0. The molecule has 1 aromatic heterocycles. The predicted molar refractivity (Wildman–Crippen MR) is 49.6 cm³/mol. The molecule has 0 spiro atoms. The fraction of sp³-hybridized carbons (Fsp3) is 0.333. The molecule has 0 atom stereocenters. The van der Waals surface area contributed by atoms with Gasteiger partial charge in [0, 0.05) is 6.20 Å². The van der Waals surface area contributed by atoms with Crippen molar-refractivity contribution in [1.29, 1.82) is 0 Å². The average molecular weight is 200 g/mol. The number of esters is 1. The molecule has 0 N–H and O–H groups in total. The van der Waals surface area contributed by atoms with Gasteiger partial charge in [-0.3, -0.25) is 9.78 Å². The number of hydrogen-bond acceptors (Lipinski definition) is 3. The monoisotopic (exact) mass is 199 g/mol. The lowest BCUT2D eigenvalue weighted by Crippen LogP contribution is -2.08. The lowest BCUT2D eigenvalue weighted by Gasteiger charge is -2.00. The summed E-state index contributed by atoms with van der Waals surface area (Å²) in [6.45, 7) is 2.17. The lowest BCUT2D eigenvalue weighted by molar-refractivity contribution is -0.142. The maximum atomic E-state index is 11.0. The fourth-order valence-electron chi connectivity index (χ4n) is 0.871. The van der Waals surface area contributed by atoms with E-state index < -0.39 is 0 Å². The van der Waals surface area contributed by atoms with Crippen LogP contribution in [0.15, 0.2) is 18.3 Å². The van der Waals surface area contributed by atoms with E-state index in [1.54, 1.807) is 19.1 Å². The summed E-state index contributed by atoms with van der Waals surface area (Å²) in [6.07, 6.45) is 1.71. The van der Waals surface area contributed by atoms with E-state index in [2.05, 4.69) is 4.98 Å². The van der Waals surface area contributed by atoms with E-state index in [0.717, 1.165) is 0 Å². The zero-order chi connectivity index (χ0) is 9.68. The van der Waals surface area contributed by atoms with Gasteiger partial charge in [0.05, 0.1) is 23.7 Å². The zero-order valence-corrected chi connectivity index (χ0v) is 8.04. The molecule has 0 aliphatic carbocycles. The van der Waals surface area contributed by atoms with E-state index in [0.29, 0.717) is 17.3 Å². The van der Waals surface area contributed by atoms with E-state index >= 15 is 0 Å². The SMILES string of the molecule is CCOC(=O)Cc1ccc(Cl)cn1. The minimum absolute atomic E-state index is 0.199. The highest BCUT2D eigenvalue weighted by Crippen LogP contribution is 2.06. The van der Waals surface area contributed by atoms with Gasteiger partial charge in [0.25, 0.3) is 0 Å². The number of carbonyl (C=O) groups excluding carboxylic acids is 1. The van der Waals surface area contributed by atoms with Crippen LogP contribution in [0.1, 0.15) is 12.6 Å². The van der Waals surface area contributed by atoms with E-state index in [4.69, 9.17) is 16.3 Å². The van der Waals surface area contributed by atoms with E-state index in [1.165, 1.54) is 6.20 Å². The smallest absolute Gasteiger partial charge is 0.311 e. The Bertz CT molecular complexity index is 284. The lowest BCUT2D eigenvalue weighted by atomic mass is 10.3. The fourth-order valence-corrected chi connectivity index (χ4v) is 0.983. The molecular weight excluding hydrogens is 190 g/mol. The minimum atomic E-state index is -0.266. The summed E-state index contributed by atoms with van der Waals surface area (Å²) < 4.78 is 4.76. The van der Waals surface area contributed by atoms with Crippen LogP contribution in [0, 0.1) is 0 Å². The molecule has 13 heavy (non-hydrogen) atoms. The third-order valence-electron chi connectivity index (χ3n) is 1.42. The number of pyridine rings is 1. The van der Waals surface area contributed by atoms with Crippen LogP contribution < -0.4 is 0 Å². The Morgan fingerprint density at radius 3 is 2.92 bits per heavy atom. The molecule has 4 heteroatoms. The Hall–Kier alpha value is -1.09. The third-order valence-corrected chi connectivity index (χ3v) is 1.64. The number of hydrogen-bond donors (Lipinski definition) is 0. The largest absolute Gasteiger partial charge is 0.466 e. The molecular formula is C9H10ClNO2. The molecule has 0 fully saturated rings. The van der Waals surface area contributed by atoms with Crippen molar-refractivity contribution in [3.63, 3.8) is 0 Å². The Morgan fingerprint density at radius 1 is 1.62 bits per heavy atom. The predicted octanol–water partition coefficient (Wildman–Crippen LogP) is 1.84. The number of ether oxygens (including phenoxy) is 1. The normalized spacial score (nSPS) is 9.69. The number of halogens is 1. The molecule has 0 aliphatic rings. The Labute approximate surface area is 81.7 Å². The molecule has 0 bridgehead atoms. The highest BCUT2D eigenvalue weighted by atomic mass is 35.5. The molecule has 1 aromatic rings. The van der Waals surface area contributed by atoms with Crippen LogP contribution in [-0.2, 0) is 16.0 Å². The van der Waals surface area contributed by atoms with Gasteiger partial charge in [-0.05, 0) is 19.1 Å². The van der Waals surface area contributed by atoms with Crippen LogP contribution in [-0.4, -0.2) is 17.6 Å². The van der Waals surface area contributed by atoms with Gasteiger partial charge in [0.2, 0.25) is 0 Å². The molecule has 1 heterocycles. The van der Waals surface area contributed by atoms with Gasteiger partial charge in [0.15, 0.2) is 0 Å². The molecule has 0 saturated carbocycles. The quantitative estimate of drug-likeness (QED) is 0.698. The standard InChI is InChI=1S/C9H10ClNO2/c1-2-13-9(12)5-8-4-3-7(10)6-11-8/h3-4,6H,2,5H2,1H3. The Morgan fingerprint density at radius 2 is 2.38 bits per heavy atom. The highest BCUT2D eigenvalue weighted by Gasteiger charge is 2.04. The van der Waals surface area contributed by atoms with Gasteiger partial charge >= 0.3 is 5.97 Å². The number of rotatable bonds is 3. The maximum absolute atomic E-state index is 11.0. The second-order valence-corrected chi connectivity index (χ2v) is 2.89. The molecule has 0 aliphatic heterocycles. The van der Waals surface area contributed by atoms with E-state index in [9.17, 15) is 4.79 Å². The average Bonchev–Trinajstić information content (AvgIpc) is 2.09. The van der Waals surface area contributed by atoms with Crippen molar-refractivity contribution in [2.45, 2.75) is 13.3 Å². The first kappa shape index (κ1) is 9.99. The first-order valence-corrected chi connectivity index (χ1v) is 4.36.